The van der Waals surface area contributed by atoms with Crippen LogP contribution in [0.3, 0.4) is 0 Å². The Balaban J connectivity index is 1.63. The molecule has 0 saturated heterocycles. The number of sulfonamides is 1. The first kappa shape index (κ1) is 24.8. The Hall–Kier alpha value is -2.80. The largest absolute Gasteiger partial charge is 0.304 e. The van der Waals surface area contributed by atoms with Crippen LogP contribution < -0.4 is 4.72 Å². The zero-order chi connectivity index (χ0) is 23.5. The van der Waals surface area contributed by atoms with Gasteiger partial charge in [-0.25, -0.2) is 13.1 Å². The van der Waals surface area contributed by atoms with Crippen molar-refractivity contribution in [3.05, 3.63) is 95.3 Å². The number of aromatic nitrogens is 1. The van der Waals surface area contributed by atoms with Gasteiger partial charge in [0.05, 0.1) is 10.6 Å². The molecule has 33 heavy (non-hydrogen) atoms. The Morgan fingerprint density at radius 3 is 2.39 bits per heavy atom. The summed E-state index contributed by atoms with van der Waals surface area (Å²) in [6.07, 6.45) is 7.25. The smallest absolute Gasteiger partial charge is 0.240 e. The highest BCUT2D eigenvalue weighted by Gasteiger charge is 2.14. The van der Waals surface area contributed by atoms with Crippen molar-refractivity contribution in [2.75, 3.05) is 26.2 Å². The summed E-state index contributed by atoms with van der Waals surface area (Å²) >= 11 is 0. The third-order valence-electron chi connectivity index (χ3n) is 5.54. The van der Waals surface area contributed by atoms with Crippen LogP contribution in [-0.4, -0.2) is 44.5 Å². The predicted molar refractivity (Wildman–Crippen MR) is 136 cm³/mol. The molecule has 0 aliphatic heterocycles. The van der Waals surface area contributed by atoms with E-state index in [1.54, 1.807) is 18.3 Å². The topological polar surface area (TPSA) is 62.3 Å². The van der Waals surface area contributed by atoms with E-state index in [0.717, 1.165) is 48.4 Å². The number of rotatable bonds is 12. The van der Waals surface area contributed by atoms with Crippen LogP contribution in [0.1, 0.15) is 42.7 Å². The second-order valence-electron chi connectivity index (χ2n) is 7.94. The molecule has 1 heterocycles. The minimum absolute atomic E-state index is 0.314. The van der Waals surface area contributed by atoms with Gasteiger partial charge >= 0.3 is 0 Å². The fourth-order valence-corrected chi connectivity index (χ4v) is 4.80. The first-order valence-corrected chi connectivity index (χ1v) is 13.0. The number of pyridine rings is 1. The zero-order valence-corrected chi connectivity index (χ0v) is 20.3. The van der Waals surface area contributed by atoms with Crippen molar-refractivity contribution in [3.8, 4) is 0 Å². The van der Waals surface area contributed by atoms with Crippen molar-refractivity contribution in [2.24, 2.45) is 0 Å². The Bertz CT molecular complexity index is 1140. The monoisotopic (exact) mass is 463 g/mol. The molecular weight excluding hydrogens is 430 g/mol. The SMILES string of the molecule is CCN(CC)CCCNS(=O)(=O)c1cccc(Cc2cccc(/C=C/c3ccccn3)c2)c1. The van der Waals surface area contributed by atoms with E-state index in [9.17, 15) is 8.42 Å². The molecule has 0 radical (unpaired) electrons. The molecule has 0 bridgehead atoms. The maximum atomic E-state index is 12.8. The Morgan fingerprint density at radius 2 is 1.67 bits per heavy atom. The molecule has 0 saturated carbocycles. The average molecular weight is 464 g/mol. The molecule has 0 fully saturated rings. The van der Waals surface area contributed by atoms with Crippen LogP contribution in [0.4, 0.5) is 0 Å². The number of benzene rings is 2. The van der Waals surface area contributed by atoms with Crippen LogP contribution in [0.5, 0.6) is 0 Å². The average Bonchev–Trinajstić information content (AvgIpc) is 2.84. The number of nitrogens with zero attached hydrogens (tertiary/aromatic N) is 2. The van der Waals surface area contributed by atoms with E-state index in [4.69, 9.17) is 0 Å². The first-order valence-electron chi connectivity index (χ1n) is 11.5. The number of nitrogens with one attached hydrogen (secondary N) is 1. The van der Waals surface area contributed by atoms with E-state index in [1.165, 1.54) is 0 Å². The summed E-state index contributed by atoms with van der Waals surface area (Å²) in [6, 6.07) is 21.3. The molecule has 6 heteroatoms. The molecule has 0 unspecified atom stereocenters. The van der Waals surface area contributed by atoms with E-state index in [2.05, 4.69) is 40.6 Å². The maximum Gasteiger partial charge on any atom is 0.240 e. The van der Waals surface area contributed by atoms with Crippen molar-refractivity contribution >= 4 is 22.2 Å². The van der Waals surface area contributed by atoms with E-state index in [-0.39, 0.29) is 0 Å². The van der Waals surface area contributed by atoms with Crippen molar-refractivity contribution in [1.82, 2.24) is 14.6 Å². The summed E-state index contributed by atoms with van der Waals surface area (Å²) in [6.45, 7) is 7.52. The van der Waals surface area contributed by atoms with Crippen molar-refractivity contribution in [2.45, 2.75) is 31.6 Å². The molecule has 2 aromatic carbocycles. The standard InChI is InChI=1S/C27H33N3O2S/c1-3-30(4-2)19-9-18-29-33(31,32)27-14-8-12-25(22-27)21-24-11-7-10-23(20-24)15-16-26-13-5-6-17-28-26/h5-8,10-17,20,22,29H,3-4,9,18-19,21H2,1-2H3/b16-15+. The summed E-state index contributed by atoms with van der Waals surface area (Å²) < 4.78 is 28.3. The van der Waals surface area contributed by atoms with Gasteiger partial charge in [-0.2, -0.15) is 0 Å². The quantitative estimate of drug-likeness (QED) is 0.390. The van der Waals surface area contributed by atoms with E-state index < -0.39 is 10.0 Å². The van der Waals surface area contributed by atoms with E-state index in [0.29, 0.717) is 17.9 Å². The molecule has 3 rings (SSSR count). The minimum atomic E-state index is -3.52. The van der Waals surface area contributed by atoms with Crippen LogP contribution in [0.25, 0.3) is 12.2 Å². The third kappa shape index (κ3) is 7.93. The Morgan fingerprint density at radius 1 is 0.909 bits per heavy atom. The molecule has 0 spiro atoms. The van der Waals surface area contributed by atoms with Gasteiger partial charge in [-0.15, -0.1) is 0 Å². The molecular formula is C27H33N3O2S. The lowest BCUT2D eigenvalue weighted by Crippen LogP contribution is -2.30. The third-order valence-corrected chi connectivity index (χ3v) is 7.00. The molecule has 0 amide bonds. The van der Waals surface area contributed by atoms with Gasteiger partial charge in [0.1, 0.15) is 0 Å². The van der Waals surface area contributed by atoms with Gasteiger partial charge in [0.15, 0.2) is 0 Å². The fourth-order valence-electron chi connectivity index (χ4n) is 3.65. The van der Waals surface area contributed by atoms with Gasteiger partial charge in [-0.05, 0) is 79.5 Å². The van der Waals surface area contributed by atoms with Gasteiger partial charge in [0, 0.05) is 12.7 Å². The number of hydrogen-bond acceptors (Lipinski definition) is 4. The van der Waals surface area contributed by atoms with E-state index >= 15 is 0 Å². The lowest BCUT2D eigenvalue weighted by atomic mass is 10.0. The molecule has 174 valence electrons. The van der Waals surface area contributed by atoms with Gasteiger partial charge in [0.25, 0.3) is 0 Å². The molecule has 3 aromatic rings. The second-order valence-corrected chi connectivity index (χ2v) is 9.70. The fraction of sp³-hybridized carbons (Fsp3) is 0.296. The van der Waals surface area contributed by atoms with E-state index in [1.807, 2.05) is 54.6 Å². The second kappa shape index (κ2) is 12.4. The Labute approximate surface area is 198 Å². The lowest BCUT2D eigenvalue weighted by Gasteiger charge is -2.17. The van der Waals surface area contributed by atoms with Crippen LogP contribution in [-0.2, 0) is 16.4 Å². The molecule has 0 aliphatic carbocycles. The molecule has 1 N–H and O–H groups in total. The van der Waals surface area contributed by atoms with Gasteiger partial charge in [0.2, 0.25) is 10.0 Å². The van der Waals surface area contributed by atoms with Crippen molar-refractivity contribution < 1.29 is 8.42 Å². The highest BCUT2D eigenvalue weighted by Crippen LogP contribution is 2.17. The summed E-state index contributed by atoms with van der Waals surface area (Å²) in [4.78, 5) is 6.91. The van der Waals surface area contributed by atoms with Crippen LogP contribution in [0, 0.1) is 0 Å². The van der Waals surface area contributed by atoms with Gasteiger partial charge in [-0.3, -0.25) is 4.98 Å². The molecule has 1 aromatic heterocycles. The van der Waals surface area contributed by atoms with Crippen molar-refractivity contribution in [3.63, 3.8) is 0 Å². The minimum Gasteiger partial charge on any atom is -0.304 e. The summed E-state index contributed by atoms with van der Waals surface area (Å²) in [7, 11) is -3.52. The first-order chi connectivity index (χ1) is 16.0. The zero-order valence-electron chi connectivity index (χ0n) is 19.4. The summed E-state index contributed by atoms with van der Waals surface area (Å²) in [5, 5.41) is 0. The molecule has 5 nitrogen and oxygen atoms in total. The van der Waals surface area contributed by atoms with Crippen LogP contribution >= 0.6 is 0 Å². The van der Waals surface area contributed by atoms with Crippen LogP contribution in [0.2, 0.25) is 0 Å². The summed E-state index contributed by atoms with van der Waals surface area (Å²) in [5.41, 5.74) is 4.08. The predicted octanol–water partition coefficient (Wildman–Crippen LogP) is 4.85. The van der Waals surface area contributed by atoms with Gasteiger partial charge < -0.3 is 4.90 Å². The lowest BCUT2D eigenvalue weighted by molar-refractivity contribution is 0.300. The van der Waals surface area contributed by atoms with Crippen molar-refractivity contribution in [1.29, 1.82) is 0 Å². The normalized spacial score (nSPS) is 12.0. The highest BCUT2D eigenvalue weighted by atomic mass is 32.2. The number of hydrogen-bond donors (Lipinski definition) is 1. The summed E-state index contributed by atoms with van der Waals surface area (Å²) in [5.74, 6) is 0. The van der Waals surface area contributed by atoms with Gasteiger partial charge in [-0.1, -0.05) is 62.4 Å². The van der Waals surface area contributed by atoms with Crippen LogP contribution in [0.15, 0.2) is 77.8 Å². The Kier molecular flexibility index (Phi) is 9.36. The molecule has 0 aliphatic rings. The maximum absolute atomic E-state index is 12.8. The highest BCUT2D eigenvalue weighted by molar-refractivity contribution is 7.89. The molecule has 0 atom stereocenters.